The summed E-state index contributed by atoms with van der Waals surface area (Å²) < 4.78 is 12.6. The largest absolute Gasteiger partial charge is 0.493 e. The van der Waals surface area contributed by atoms with Gasteiger partial charge in [0.25, 0.3) is 0 Å². The molecule has 1 aliphatic rings. The van der Waals surface area contributed by atoms with Gasteiger partial charge in [-0.15, -0.1) is 11.6 Å². The standard InChI is InChI=1S/C16H13BrCl2O2/c17-13-5-10-3-4-20-16(10)12(6-13)9-21-15-2-1-14(19)7-11(15)8-18/h1-2,5-7H,3-4,8-9H2. The molecule has 0 spiro atoms. The highest BCUT2D eigenvalue weighted by Crippen LogP contribution is 2.34. The van der Waals surface area contributed by atoms with Gasteiger partial charge >= 0.3 is 0 Å². The van der Waals surface area contributed by atoms with Crippen molar-refractivity contribution in [3.05, 3.63) is 56.5 Å². The molecule has 110 valence electrons. The molecule has 0 unspecified atom stereocenters. The Morgan fingerprint density at radius 2 is 2.05 bits per heavy atom. The summed E-state index contributed by atoms with van der Waals surface area (Å²) in [5.41, 5.74) is 3.14. The van der Waals surface area contributed by atoms with E-state index in [9.17, 15) is 0 Å². The lowest BCUT2D eigenvalue weighted by molar-refractivity contribution is 0.290. The minimum Gasteiger partial charge on any atom is -0.493 e. The summed E-state index contributed by atoms with van der Waals surface area (Å²) in [5, 5.41) is 0.657. The van der Waals surface area contributed by atoms with E-state index in [-0.39, 0.29) is 0 Å². The first-order chi connectivity index (χ1) is 10.2. The van der Waals surface area contributed by atoms with Gasteiger partial charge in [0.1, 0.15) is 18.1 Å². The third kappa shape index (κ3) is 3.31. The summed E-state index contributed by atoms with van der Waals surface area (Å²) in [5.74, 6) is 2.06. The molecule has 2 aromatic rings. The van der Waals surface area contributed by atoms with E-state index in [1.807, 2.05) is 18.2 Å². The van der Waals surface area contributed by atoms with E-state index in [2.05, 4.69) is 22.0 Å². The average molecular weight is 388 g/mol. The Morgan fingerprint density at radius 3 is 2.86 bits per heavy atom. The van der Waals surface area contributed by atoms with E-state index in [0.29, 0.717) is 17.5 Å². The first kappa shape index (κ1) is 15.0. The summed E-state index contributed by atoms with van der Waals surface area (Å²) in [6, 6.07) is 9.60. The van der Waals surface area contributed by atoms with Crippen LogP contribution in [0.4, 0.5) is 0 Å². The zero-order valence-electron chi connectivity index (χ0n) is 11.2. The van der Waals surface area contributed by atoms with Crippen LogP contribution in [-0.2, 0) is 18.9 Å². The van der Waals surface area contributed by atoms with Crippen molar-refractivity contribution in [2.75, 3.05) is 6.61 Å². The van der Waals surface area contributed by atoms with Crippen LogP contribution in [0.3, 0.4) is 0 Å². The molecule has 0 aromatic heterocycles. The normalized spacial score (nSPS) is 12.9. The maximum Gasteiger partial charge on any atom is 0.129 e. The van der Waals surface area contributed by atoms with Gasteiger partial charge in [-0.05, 0) is 35.9 Å². The molecule has 21 heavy (non-hydrogen) atoms. The third-order valence-corrected chi connectivity index (χ3v) is 4.36. The van der Waals surface area contributed by atoms with Crippen LogP contribution in [0.15, 0.2) is 34.8 Å². The zero-order valence-corrected chi connectivity index (χ0v) is 14.3. The molecule has 1 heterocycles. The SMILES string of the molecule is ClCc1cc(Cl)ccc1OCc1cc(Br)cc2c1OCC2. The molecule has 5 heteroatoms. The fourth-order valence-electron chi connectivity index (χ4n) is 2.40. The third-order valence-electron chi connectivity index (χ3n) is 3.38. The van der Waals surface area contributed by atoms with Crippen LogP contribution >= 0.6 is 39.1 Å². The molecule has 0 bridgehead atoms. The quantitative estimate of drug-likeness (QED) is 0.658. The number of hydrogen-bond acceptors (Lipinski definition) is 2. The number of hydrogen-bond donors (Lipinski definition) is 0. The van der Waals surface area contributed by atoms with Gasteiger partial charge in [-0.25, -0.2) is 0 Å². The number of alkyl halides is 1. The van der Waals surface area contributed by atoms with Gasteiger partial charge in [-0.1, -0.05) is 27.5 Å². The molecule has 0 amide bonds. The fraction of sp³-hybridized carbons (Fsp3) is 0.250. The van der Waals surface area contributed by atoms with Gasteiger partial charge in [0, 0.05) is 27.0 Å². The van der Waals surface area contributed by atoms with Crippen LogP contribution in [0.1, 0.15) is 16.7 Å². The van der Waals surface area contributed by atoms with Gasteiger partial charge in [0.15, 0.2) is 0 Å². The molecular formula is C16H13BrCl2O2. The van der Waals surface area contributed by atoms with Crippen molar-refractivity contribution >= 4 is 39.1 Å². The highest BCUT2D eigenvalue weighted by Gasteiger charge is 2.18. The minimum atomic E-state index is 0.364. The van der Waals surface area contributed by atoms with Gasteiger partial charge in [0.2, 0.25) is 0 Å². The Bertz CT molecular complexity index is 674. The van der Waals surface area contributed by atoms with E-state index in [4.69, 9.17) is 32.7 Å². The molecule has 3 rings (SSSR count). The Kier molecular flexibility index (Phi) is 4.63. The van der Waals surface area contributed by atoms with Gasteiger partial charge in [0.05, 0.1) is 12.5 Å². The summed E-state index contributed by atoms with van der Waals surface area (Å²) in [6.45, 7) is 1.17. The van der Waals surface area contributed by atoms with Crippen molar-refractivity contribution in [2.24, 2.45) is 0 Å². The first-order valence-corrected chi connectivity index (χ1v) is 8.29. The van der Waals surface area contributed by atoms with Crippen molar-refractivity contribution in [2.45, 2.75) is 18.9 Å². The molecular weight excluding hydrogens is 375 g/mol. The lowest BCUT2D eigenvalue weighted by atomic mass is 10.1. The second-order valence-corrected chi connectivity index (χ2v) is 6.45. The average Bonchev–Trinajstić information content (AvgIpc) is 2.93. The van der Waals surface area contributed by atoms with Crippen molar-refractivity contribution in [3.8, 4) is 11.5 Å². The molecule has 0 radical (unpaired) electrons. The fourth-order valence-corrected chi connectivity index (χ4v) is 3.36. The van der Waals surface area contributed by atoms with Gasteiger partial charge in [-0.2, -0.15) is 0 Å². The second-order valence-electron chi connectivity index (χ2n) is 4.83. The number of benzene rings is 2. The van der Waals surface area contributed by atoms with Crippen LogP contribution in [0, 0.1) is 0 Å². The van der Waals surface area contributed by atoms with Crippen molar-refractivity contribution in [3.63, 3.8) is 0 Å². The minimum absolute atomic E-state index is 0.364. The van der Waals surface area contributed by atoms with Crippen LogP contribution < -0.4 is 9.47 Å². The predicted molar refractivity (Wildman–Crippen MR) is 88.7 cm³/mol. The molecule has 0 fully saturated rings. The lowest BCUT2D eigenvalue weighted by Gasteiger charge is -2.13. The Hall–Kier alpha value is -0.900. The Labute approximate surface area is 142 Å². The van der Waals surface area contributed by atoms with Crippen molar-refractivity contribution < 1.29 is 9.47 Å². The van der Waals surface area contributed by atoms with Crippen molar-refractivity contribution in [1.82, 2.24) is 0 Å². The highest BCUT2D eigenvalue weighted by molar-refractivity contribution is 9.10. The van der Waals surface area contributed by atoms with Crippen LogP contribution in [-0.4, -0.2) is 6.61 Å². The number of fused-ring (bicyclic) bond motifs is 1. The maximum absolute atomic E-state index is 5.97. The monoisotopic (exact) mass is 386 g/mol. The molecule has 2 nitrogen and oxygen atoms in total. The summed E-state index contributed by atoms with van der Waals surface area (Å²) in [6.07, 6.45) is 0.940. The van der Waals surface area contributed by atoms with Crippen LogP contribution in [0.25, 0.3) is 0 Å². The first-order valence-electron chi connectivity index (χ1n) is 6.58. The zero-order chi connectivity index (χ0) is 14.8. The van der Waals surface area contributed by atoms with E-state index in [1.54, 1.807) is 6.07 Å². The van der Waals surface area contributed by atoms with E-state index < -0.39 is 0 Å². The number of halogens is 3. The maximum atomic E-state index is 5.97. The molecule has 0 N–H and O–H groups in total. The van der Waals surface area contributed by atoms with E-state index >= 15 is 0 Å². The predicted octanol–water partition coefficient (Wildman–Crippen LogP) is 5.36. The Morgan fingerprint density at radius 1 is 1.19 bits per heavy atom. The highest BCUT2D eigenvalue weighted by atomic mass is 79.9. The molecule has 1 aliphatic heterocycles. The van der Waals surface area contributed by atoms with Gasteiger partial charge in [-0.3, -0.25) is 0 Å². The van der Waals surface area contributed by atoms with E-state index in [0.717, 1.165) is 40.1 Å². The Balaban J connectivity index is 1.83. The smallest absolute Gasteiger partial charge is 0.129 e. The summed E-state index contributed by atoms with van der Waals surface area (Å²) >= 11 is 15.4. The summed E-state index contributed by atoms with van der Waals surface area (Å²) in [7, 11) is 0. The second kappa shape index (κ2) is 6.47. The van der Waals surface area contributed by atoms with E-state index in [1.165, 1.54) is 5.56 Å². The van der Waals surface area contributed by atoms with Crippen LogP contribution in [0.2, 0.25) is 5.02 Å². The molecule has 0 saturated heterocycles. The van der Waals surface area contributed by atoms with Crippen molar-refractivity contribution in [1.29, 1.82) is 0 Å². The lowest BCUT2D eigenvalue weighted by Crippen LogP contribution is -2.00. The molecule has 0 aliphatic carbocycles. The van der Waals surface area contributed by atoms with Gasteiger partial charge < -0.3 is 9.47 Å². The molecule has 0 atom stereocenters. The number of rotatable bonds is 4. The molecule has 0 saturated carbocycles. The summed E-state index contributed by atoms with van der Waals surface area (Å²) in [4.78, 5) is 0. The topological polar surface area (TPSA) is 18.5 Å². The number of ether oxygens (including phenoxy) is 2. The molecule has 2 aromatic carbocycles. The van der Waals surface area contributed by atoms with Crippen LogP contribution in [0.5, 0.6) is 11.5 Å².